The van der Waals surface area contributed by atoms with Gasteiger partial charge in [0.2, 0.25) is 0 Å². The van der Waals surface area contributed by atoms with Gasteiger partial charge in [-0.15, -0.1) is 0 Å². The van der Waals surface area contributed by atoms with Gasteiger partial charge in [-0.05, 0) is 55.3 Å². The van der Waals surface area contributed by atoms with Crippen LogP contribution in [0, 0.1) is 5.82 Å². The fraction of sp³-hybridized carbons (Fsp3) is 0.250. The van der Waals surface area contributed by atoms with Crippen LogP contribution in [0.25, 0.3) is 23.0 Å². The molecule has 0 spiro atoms. The van der Waals surface area contributed by atoms with Crippen molar-refractivity contribution in [1.82, 2.24) is 9.13 Å². The lowest BCUT2D eigenvalue weighted by molar-refractivity contribution is -0.142. The smallest absolute Gasteiger partial charge is 0.333 e. The van der Waals surface area contributed by atoms with Crippen LogP contribution >= 0.6 is 0 Å². The largest absolute Gasteiger partial charge is 0.469 e. The summed E-state index contributed by atoms with van der Waals surface area (Å²) in [4.78, 5) is 24.3. The molecule has 0 aliphatic heterocycles. The SMILES string of the molecule is COC(=O)CC(O)CC/C=C/c1c(-c2ccc(F)cc2)n(-c2ccccc2)c(=O)n1C. The molecule has 162 valence electrons. The van der Waals surface area contributed by atoms with E-state index in [1.807, 2.05) is 42.5 Å². The predicted molar refractivity (Wildman–Crippen MR) is 117 cm³/mol. The molecule has 0 aliphatic carbocycles. The highest BCUT2D eigenvalue weighted by molar-refractivity contribution is 5.73. The topological polar surface area (TPSA) is 73.5 Å². The number of esters is 1. The van der Waals surface area contributed by atoms with Gasteiger partial charge in [-0.2, -0.15) is 0 Å². The van der Waals surface area contributed by atoms with Crippen molar-refractivity contribution < 1.29 is 19.0 Å². The zero-order chi connectivity index (χ0) is 22.4. The Labute approximate surface area is 179 Å². The van der Waals surface area contributed by atoms with E-state index in [0.717, 1.165) is 0 Å². The van der Waals surface area contributed by atoms with E-state index in [0.29, 0.717) is 35.5 Å². The highest BCUT2D eigenvalue weighted by Gasteiger charge is 2.19. The normalized spacial score (nSPS) is 12.3. The van der Waals surface area contributed by atoms with Crippen molar-refractivity contribution in [2.75, 3.05) is 7.11 Å². The van der Waals surface area contributed by atoms with Crippen LogP contribution in [0.4, 0.5) is 4.39 Å². The van der Waals surface area contributed by atoms with Crippen LogP contribution in [0.15, 0.2) is 65.5 Å². The highest BCUT2D eigenvalue weighted by Crippen LogP contribution is 2.27. The van der Waals surface area contributed by atoms with Crippen molar-refractivity contribution in [3.63, 3.8) is 0 Å². The average molecular weight is 424 g/mol. The van der Waals surface area contributed by atoms with Crippen molar-refractivity contribution in [2.24, 2.45) is 7.05 Å². The Kier molecular flexibility index (Phi) is 7.20. The monoisotopic (exact) mass is 424 g/mol. The second-order valence-electron chi connectivity index (χ2n) is 7.17. The summed E-state index contributed by atoms with van der Waals surface area (Å²) in [5.41, 5.74) is 2.48. The fourth-order valence-corrected chi connectivity index (χ4v) is 3.38. The maximum Gasteiger partial charge on any atom is 0.333 e. The first kappa shape index (κ1) is 22.2. The number of aliphatic hydroxyl groups is 1. The van der Waals surface area contributed by atoms with Gasteiger partial charge in [0.05, 0.1) is 36.7 Å². The van der Waals surface area contributed by atoms with Gasteiger partial charge in [0.25, 0.3) is 0 Å². The lowest BCUT2D eigenvalue weighted by atomic mass is 10.1. The number of allylic oxidation sites excluding steroid dienone is 1. The van der Waals surface area contributed by atoms with Gasteiger partial charge in [0.15, 0.2) is 0 Å². The lowest BCUT2D eigenvalue weighted by Gasteiger charge is -2.09. The molecular formula is C24H25FN2O4. The number of hydrogen-bond acceptors (Lipinski definition) is 4. The van der Waals surface area contributed by atoms with Gasteiger partial charge in [0.1, 0.15) is 5.82 Å². The summed E-state index contributed by atoms with van der Waals surface area (Å²) < 4.78 is 21.2. The number of benzene rings is 2. The third kappa shape index (κ3) is 5.19. The van der Waals surface area contributed by atoms with E-state index in [1.54, 1.807) is 23.7 Å². The van der Waals surface area contributed by atoms with Crippen LogP contribution in [0.1, 0.15) is 25.0 Å². The van der Waals surface area contributed by atoms with E-state index in [9.17, 15) is 19.1 Å². The average Bonchev–Trinajstić information content (AvgIpc) is 3.02. The minimum Gasteiger partial charge on any atom is -0.469 e. The van der Waals surface area contributed by atoms with E-state index in [2.05, 4.69) is 4.74 Å². The van der Waals surface area contributed by atoms with Gasteiger partial charge >= 0.3 is 11.7 Å². The van der Waals surface area contributed by atoms with Gasteiger partial charge < -0.3 is 9.84 Å². The zero-order valence-electron chi connectivity index (χ0n) is 17.5. The summed E-state index contributed by atoms with van der Waals surface area (Å²) in [6.07, 6.45) is 3.68. The lowest BCUT2D eigenvalue weighted by Crippen LogP contribution is -2.21. The number of methoxy groups -OCH3 is 1. The maximum atomic E-state index is 13.5. The molecule has 1 heterocycles. The Morgan fingerprint density at radius 2 is 1.84 bits per heavy atom. The molecule has 7 heteroatoms. The maximum absolute atomic E-state index is 13.5. The molecule has 2 aromatic carbocycles. The minimum atomic E-state index is -0.800. The molecule has 0 amide bonds. The molecule has 0 saturated carbocycles. The van der Waals surface area contributed by atoms with Crippen molar-refractivity contribution in [1.29, 1.82) is 0 Å². The Morgan fingerprint density at radius 3 is 2.48 bits per heavy atom. The van der Waals surface area contributed by atoms with Crippen LogP contribution in [0.5, 0.6) is 0 Å². The van der Waals surface area contributed by atoms with Crippen LogP contribution in [-0.2, 0) is 16.6 Å². The molecule has 1 atom stereocenters. The second-order valence-corrected chi connectivity index (χ2v) is 7.17. The zero-order valence-corrected chi connectivity index (χ0v) is 17.5. The highest BCUT2D eigenvalue weighted by atomic mass is 19.1. The van der Waals surface area contributed by atoms with Crippen LogP contribution in [0.3, 0.4) is 0 Å². The van der Waals surface area contributed by atoms with Gasteiger partial charge in [0, 0.05) is 12.6 Å². The molecular weight excluding hydrogens is 399 g/mol. The third-order valence-corrected chi connectivity index (χ3v) is 5.01. The van der Waals surface area contributed by atoms with Crippen molar-refractivity contribution in [3.05, 3.63) is 82.7 Å². The Morgan fingerprint density at radius 1 is 1.16 bits per heavy atom. The van der Waals surface area contributed by atoms with E-state index >= 15 is 0 Å². The van der Waals surface area contributed by atoms with Crippen LogP contribution in [0.2, 0.25) is 0 Å². The van der Waals surface area contributed by atoms with Gasteiger partial charge in [-0.25, -0.2) is 9.18 Å². The number of nitrogens with zero attached hydrogens (tertiary/aromatic N) is 2. The number of aliphatic hydroxyl groups excluding tert-OH is 1. The first-order valence-electron chi connectivity index (χ1n) is 9.97. The van der Waals surface area contributed by atoms with E-state index in [-0.39, 0.29) is 17.9 Å². The van der Waals surface area contributed by atoms with Crippen LogP contribution in [-0.4, -0.2) is 33.4 Å². The molecule has 1 N–H and O–H groups in total. The molecule has 0 aliphatic rings. The summed E-state index contributed by atoms with van der Waals surface area (Å²) in [6, 6.07) is 15.2. The number of para-hydroxylation sites is 1. The number of ether oxygens (including phenoxy) is 1. The second kappa shape index (κ2) is 10.0. The third-order valence-electron chi connectivity index (χ3n) is 5.01. The molecule has 1 unspecified atom stereocenters. The number of imidazole rings is 1. The van der Waals surface area contributed by atoms with Gasteiger partial charge in [-0.3, -0.25) is 13.9 Å². The number of carbonyl (C=O) groups excluding carboxylic acids is 1. The summed E-state index contributed by atoms with van der Waals surface area (Å²) in [5.74, 6) is -0.817. The first-order valence-corrected chi connectivity index (χ1v) is 9.97. The predicted octanol–water partition coefficient (Wildman–Crippen LogP) is 3.70. The number of hydrogen-bond donors (Lipinski definition) is 1. The van der Waals surface area contributed by atoms with Crippen LogP contribution < -0.4 is 5.69 Å². The summed E-state index contributed by atoms with van der Waals surface area (Å²) in [6.45, 7) is 0. The molecule has 1 aromatic heterocycles. The molecule has 0 fully saturated rings. The number of halogens is 1. The molecule has 3 aromatic rings. The fourth-order valence-electron chi connectivity index (χ4n) is 3.38. The standard InChI is InChI=1S/C24H25FN2O4/c1-26-21(11-7-6-10-20(28)16-22(29)31-2)23(17-12-14-18(25)15-13-17)27(24(26)30)19-8-4-3-5-9-19/h3-5,7-9,11-15,20,28H,6,10,16H2,1-2H3/b11-7+. The van der Waals surface area contributed by atoms with E-state index in [4.69, 9.17) is 0 Å². The number of rotatable bonds is 8. The summed E-state index contributed by atoms with van der Waals surface area (Å²) >= 11 is 0. The minimum absolute atomic E-state index is 0.0615. The van der Waals surface area contributed by atoms with Crippen molar-refractivity contribution in [3.8, 4) is 16.9 Å². The van der Waals surface area contributed by atoms with E-state index < -0.39 is 12.1 Å². The quantitative estimate of drug-likeness (QED) is 0.560. The summed E-state index contributed by atoms with van der Waals surface area (Å²) in [7, 11) is 2.96. The van der Waals surface area contributed by atoms with Crippen molar-refractivity contribution >= 4 is 12.0 Å². The molecule has 0 bridgehead atoms. The molecule has 3 rings (SSSR count). The number of aromatic nitrogens is 2. The molecule has 0 saturated heterocycles. The summed E-state index contributed by atoms with van der Waals surface area (Å²) in [5, 5.41) is 9.93. The van der Waals surface area contributed by atoms with Crippen molar-refractivity contribution in [2.45, 2.75) is 25.4 Å². The van der Waals surface area contributed by atoms with Gasteiger partial charge in [-0.1, -0.05) is 24.3 Å². The first-order chi connectivity index (χ1) is 14.9. The molecule has 0 radical (unpaired) electrons. The molecule has 6 nitrogen and oxygen atoms in total. The molecule has 31 heavy (non-hydrogen) atoms. The Balaban J connectivity index is 1.97. The van der Waals surface area contributed by atoms with E-state index in [1.165, 1.54) is 23.8 Å². The Bertz CT molecular complexity index is 1110. The number of carbonyl (C=O) groups is 1. The Hall–Kier alpha value is -3.45.